The highest BCUT2D eigenvalue weighted by Crippen LogP contribution is 2.65. The summed E-state index contributed by atoms with van der Waals surface area (Å²) >= 11 is 0. The first-order chi connectivity index (χ1) is 14.0. The minimum absolute atomic E-state index is 0.00452. The number of rotatable bonds is 5. The third-order valence-electron chi connectivity index (χ3n) is 6.79. The summed E-state index contributed by atoms with van der Waals surface area (Å²) in [6.07, 6.45) is 5.53. The van der Waals surface area contributed by atoms with Crippen LogP contribution in [0.3, 0.4) is 0 Å². The predicted octanol–water partition coefficient (Wildman–Crippen LogP) is 2.78. The van der Waals surface area contributed by atoms with E-state index in [-0.39, 0.29) is 29.4 Å². The highest BCUT2D eigenvalue weighted by Gasteiger charge is 2.59. The van der Waals surface area contributed by atoms with E-state index in [0.717, 1.165) is 17.4 Å². The van der Waals surface area contributed by atoms with E-state index in [2.05, 4.69) is 4.98 Å². The van der Waals surface area contributed by atoms with E-state index >= 15 is 0 Å². The lowest BCUT2D eigenvalue weighted by Gasteiger charge is -2.30. The van der Waals surface area contributed by atoms with Crippen molar-refractivity contribution >= 4 is 11.2 Å². The number of fused-ring (bicyclic) bond motifs is 1. The fourth-order valence-electron chi connectivity index (χ4n) is 6.08. The van der Waals surface area contributed by atoms with Crippen LogP contribution in [-0.4, -0.2) is 19.1 Å². The number of nitrogens with one attached hydrogen (secondary N) is 1. The minimum Gasteiger partial charge on any atom is -0.336 e. The average Bonchev–Trinajstić information content (AvgIpc) is 3.29. The zero-order valence-electron chi connectivity index (χ0n) is 19.3. The Balaban J connectivity index is 1.82. The molecule has 140 valence electrons. The van der Waals surface area contributed by atoms with Crippen LogP contribution in [0.25, 0.3) is 11.2 Å². The van der Waals surface area contributed by atoms with E-state index in [1.54, 1.807) is 13.8 Å². The highest BCUT2D eigenvalue weighted by atomic mass is 16.2. The fourth-order valence-corrected chi connectivity index (χ4v) is 6.08. The number of aromatic amines is 1. The zero-order chi connectivity index (χ0) is 21.6. The average molecular weight is 360 g/mol. The van der Waals surface area contributed by atoms with E-state index < -0.39 is 24.2 Å². The Hall–Kier alpha value is -1.85. The largest absolute Gasteiger partial charge is 0.336 e. The van der Waals surface area contributed by atoms with Crippen LogP contribution in [-0.2, 0) is 18.4 Å². The number of hydrogen-bond acceptors (Lipinski definition) is 3. The Kier molecular flexibility index (Phi) is 2.68. The van der Waals surface area contributed by atoms with Gasteiger partial charge < -0.3 is 4.98 Å². The maximum atomic E-state index is 13.2. The van der Waals surface area contributed by atoms with Crippen molar-refractivity contribution in [2.75, 3.05) is 0 Å². The van der Waals surface area contributed by atoms with Crippen LogP contribution in [0.5, 0.6) is 0 Å². The Morgan fingerprint density at radius 1 is 1.12 bits per heavy atom. The lowest BCUT2D eigenvalue weighted by Crippen LogP contribution is -2.40. The summed E-state index contributed by atoms with van der Waals surface area (Å²) in [5.74, 6) is 2.53. The van der Waals surface area contributed by atoms with Crippen LogP contribution < -0.4 is 11.2 Å². The summed E-state index contributed by atoms with van der Waals surface area (Å²) in [5.41, 5.74) is -1.85. The summed E-state index contributed by atoms with van der Waals surface area (Å²) in [5, 5.41) is 0. The molecule has 4 fully saturated rings. The second-order valence-electron chi connectivity index (χ2n) is 8.27. The molecule has 2 atom stereocenters. The molecule has 2 aromatic heterocycles. The van der Waals surface area contributed by atoms with Gasteiger partial charge in [-0.3, -0.25) is 13.9 Å². The summed E-state index contributed by atoms with van der Waals surface area (Å²) in [7, 11) is 0. The minimum atomic E-state index is -2.22. The number of aryl methyl sites for hydroxylation is 1. The lowest BCUT2D eigenvalue weighted by molar-refractivity contribution is 0.262. The third-order valence-corrected chi connectivity index (χ3v) is 6.79. The lowest BCUT2D eigenvalue weighted by atomic mass is 9.75. The van der Waals surface area contributed by atoms with E-state index in [4.69, 9.17) is 10.5 Å². The number of H-pyrrole nitrogens is 1. The molecule has 2 heterocycles. The van der Waals surface area contributed by atoms with E-state index in [9.17, 15) is 9.59 Å². The highest BCUT2D eigenvalue weighted by molar-refractivity contribution is 5.70. The number of hydrogen-bond donors (Lipinski definition) is 1. The Morgan fingerprint density at radius 2 is 1.77 bits per heavy atom. The second kappa shape index (κ2) is 5.57. The SMILES string of the molecule is [2H]C([2H])(CC)n1c(=O)c2[nH]c(C34CC5CC(CC3C5)C4)nc2n(C([2H])([2H])CC)c1=O. The van der Waals surface area contributed by atoms with Crippen molar-refractivity contribution < 1.29 is 5.48 Å². The quantitative estimate of drug-likeness (QED) is 0.891. The van der Waals surface area contributed by atoms with Gasteiger partial charge in [-0.25, -0.2) is 9.78 Å². The number of imidazole rings is 1. The summed E-state index contributed by atoms with van der Waals surface area (Å²) in [6.45, 7) is -1.14. The molecular formula is C20H28N4O2. The van der Waals surface area contributed by atoms with Gasteiger partial charge in [-0.05, 0) is 62.7 Å². The van der Waals surface area contributed by atoms with Crippen LogP contribution in [0.2, 0.25) is 0 Å². The molecule has 1 N–H and O–H groups in total. The first kappa shape index (κ1) is 12.5. The van der Waals surface area contributed by atoms with Gasteiger partial charge in [0.05, 0.1) is 2.74 Å². The molecule has 4 aliphatic carbocycles. The molecule has 2 unspecified atom stereocenters. The maximum Gasteiger partial charge on any atom is 0.332 e. The molecule has 2 aromatic rings. The van der Waals surface area contributed by atoms with Gasteiger partial charge in [0.2, 0.25) is 0 Å². The molecule has 0 saturated heterocycles. The van der Waals surface area contributed by atoms with Crippen LogP contribution in [0, 0.1) is 17.8 Å². The van der Waals surface area contributed by atoms with Gasteiger partial charge in [0.25, 0.3) is 5.56 Å². The summed E-state index contributed by atoms with van der Waals surface area (Å²) in [4.78, 5) is 34.3. The van der Waals surface area contributed by atoms with Crippen molar-refractivity contribution in [2.24, 2.45) is 17.8 Å². The number of aromatic nitrogens is 4. The molecule has 4 bridgehead atoms. The summed E-state index contributed by atoms with van der Waals surface area (Å²) < 4.78 is 34.7. The van der Waals surface area contributed by atoms with Crippen LogP contribution in [0.15, 0.2) is 9.59 Å². The fraction of sp³-hybridized carbons (Fsp3) is 0.750. The topological polar surface area (TPSA) is 72.7 Å². The molecule has 0 aromatic carbocycles. The van der Waals surface area contributed by atoms with Crippen molar-refractivity contribution in [1.82, 2.24) is 19.1 Å². The van der Waals surface area contributed by atoms with Gasteiger partial charge in [-0.2, -0.15) is 0 Å². The van der Waals surface area contributed by atoms with Crippen LogP contribution in [0.1, 0.15) is 70.1 Å². The van der Waals surface area contributed by atoms with Crippen molar-refractivity contribution in [2.45, 2.75) is 77.2 Å². The van der Waals surface area contributed by atoms with Gasteiger partial charge in [0.1, 0.15) is 11.3 Å². The molecule has 26 heavy (non-hydrogen) atoms. The molecule has 0 spiro atoms. The standard InChI is InChI=1S/C20H28N4O2/c1-3-5-23-16-15(17(25)24(6-4-2)19(23)26)21-18(22-16)20-10-12-7-13(11-20)9-14(20)8-12/h12-14H,3-11H2,1-2H3,(H,21,22)/i5D2,6D2. The van der Waals surface area contributed by atoms with Crippen LogP contribution in [0.4, 0.5) is 0 Å². The van der Waals surface area contributed by atoms with Crippen molar-refractivity contribution in [3.05, 3.63) is 26.7 Å². The molecule has 6 nitrogen and oxygen atoms in total. The van der Waals surface area contributed by atoms with E-state index in [1.165, 1.54) is 19.3 Å². The molecule has 0 amide bonds. The van der Waals surface area contributed by atoms with E-state index in [1.807, 2.05) is 0 Å². The van der Waals surface area contributed by atoms with Gasteiger partial charge in [0, 0.05) is 21.2 Å². The third kappa shape index (κ3) is 2.01. The van der Waals surface area contributed by atoms with Gasteiger partial charge in [0.15, 0.2) is 5.65 Å². The first-order valence-corrected chi connectivity index (χ1v) is 9.83. The Bertz CT molecular complexity index is 1130. The van der Waals surface area contributed by atoms with Gasteiger partial charge >= 0.3 is 5.69 Å². The zero-order valence-corrected chi connectivity index (χ0v) is 15.3. The molecule has 0 aliphatic heterocycles. The normalized spacial score (nSPS) is 35.5. The van der Waals surface area contributed by atoms with Crippen LogP contribution >= 0.6 is 0 Å². The first-order valence-electron chi connectivity index (χ1n) is 11.8. The number of nitrogens with zero attached hydrogens (tertiary/aromatic N) is 3. The molecule has 6 rings (SSSR count). The molecule has 6 heteroatoms. The monoisotopic (exact) mass is 360 g/mol. The van der Waals surface area contributed by atoms with Crippen molar-refractivity contribution in [1.29, 1.82) is 0 Å². The van der Waals surface area contributed by atoms with E-state index in [0.29, 0.717) is 28.1 Å². The van der Waals surface area contributed by atoms with Gasteiger partial charge in [-0.15, -0.1) is 0 Å². The van der Waals surface area contributed by atoms with Crippen molar-refractivity contribution in [3.63, 3.8) is 0 Å². The van der Waals surface area contributed by atoms with Crippen molar-refractivity contribution in [3.8, 4) is 0 Å². The Morgan fingerprint density at radius 3 is 2.42 bits per heavy atom. The van der Waals surface area contributed by atoms with Gasteiger partial charge in [-0.1, -0.05) is 13.8 Å². The Labute approximate surface area is 158 Å². The molecule has 4 aliphatic rings. The molecule has 0 radical (unpaired) electrons. The maximum absolute atomic E-state index is 13.2. The predicted molar refractivity (Wildman–Crippen MR) is 100 cm³/mol. The summed E-state index contributed by atoms with van der Waals surface area (Å²) in [6, 6.07) is 0. The smallest absolute Gasteiger partial charge is 0.332 e. The molecule has 4 saturated carbocycles. The second-order valence-corrected chi connectivity index (χ2v) is 8.27. The molecular weight excluding hydrogens is 328 g/mol.